The smallest absolute Gasteiger partial charge is 0.267 e. The largest absolute Gasteiger partial charge is 0.324 e. The Labute approximate surface area is 172 Å². The third-order valence-corrected chi connectivity index (χ3v) is 5.28. The molecule has 5 nitrogen and oxygen atoms in total. The Bertz CT molecular complexity index is 1250. The molecule has 0 aliphatic heterocycles. The van der Waals surface area contributed by atoms with Crippen molar-refractivity contribution in [3.05, 3.63) is 89.2 Å². The number of aromatic nitrogens is 2. The summed E-state index contributed by atoms with van der Waals surface area (Å²) < 4.78 is 1.19. The average molecular weight is 401 g/mol. The van der Waals surface area contributed by atoms with Gasteiger partial charge in [0.15, 0.2) is 0 Å². The van der Waals surface area contributed by atoms with Gasteiger partial charge in [0.05, 0.1) is 5.69 Å². The minimum absolute atomic E-state index is 0.149. The van der Waals surface area contributed by atoms with Crippen LogP contribution in [0.5, 0.6) is 0 Å². The summed E-state index contributed by atoms with van der Waals surface area (Å²) >= 11 is 1.60. The summed E-state index contributed by atoms with van der Waals surface area (Å²) in [4.78, 5) is 25.7. The van der Waals surface area contributed by atoms with Crippen molar-refractivity contribution in [2.75, 3.05) is 11.6 Å². The molecule has 1 aromatic heterocycles. The first-order valence-corrected chi connectivity index (χ1v) is 10.4. The molecule has 0 saturated heterocycles. The maximum atomic E-state index is 12.4. The molecule has 0 atom stereocenters. The standard InChI is InChI=1S/C23H19N3O2S/c1-29-20-8-4-7-19(14-20)24-22(27)15-26-23(28)12-11-21(25-26)18-10-9-16-5-2-3-6-17(16)13-18/h2-14H,15H2,1H3,(H,24,27). The maximum Gasteiger partial charge on any atom is 0.267 e. The Balaban J connectivity index is 1.57. The van der Waals surface area contributed by atoms with E-state index >= 15 is 0 Å². The van der Waals surface area contributed by atoms with Crippen molar-refractivity contribution in [1.29, 1.82) is 0 Å². The fraction of sp³-hybridized carbons (Fsp3) is 0.0870. The summed E-state index contributed by atoms with van der Waals surface area (Å²) in [7, 11) is 0. The lowest BCUT2D eigenvalue weighted by atomic mass is 10.1. The monoisotopic (exact) mass is 401 g/mol. The van der Waals surface area contributed by atoms with Crippen LogP contribution >= 0.6 is 11.8 Å². The SMILES string of the molecule is CSc1cccc(NC(=O)Cn2nc(-c3ccc4ccccc4c3)ccc2=O)c1. The molecule has 3 aromatic carbocycles. The van der Waals surface area contributed by atoms with Gasteiger partial charge in [0, 0.05) is 22.2 Å². The second-order valence-corrected chi connectivity index (χ2v) is 7.44. The van der Waals surface area contributed by atoms with E-state index < -0.39 is 0 Å². The van der Waals surface area contributed by atoms with Crippen molar-refractivity contribution in [2.45, 2.75) is 11.4 Å². The molecule has 29 heavy (non-hydrogen) atoms. The van der Waals surface area contributed by atoms with Gasteiger partial charge in [-0.2, -0.15) is 5.10 Å². The van der Waals surface area contributed by atoms with Gasteiger partial charge in [-0.05, 0) is 47.4 Å². The normalized spacial score (nSPS) is 10.8. The van der Waals surface area contributed by atoms with Crippen LogP contribution in [0.2, 0.25) is 0 Å². The van der Waals surface area contributed by atoms with Crippen LogP contribution in [-0.2, 0) is 11.3 Å². The molecular weight excluding hydrogens is 382 g/mol. The van der Waals surface area contributed by atoms with E-state index in [1.807, 2.05) is 73.0 Å². The fourth-order valence-electron chi connectivity index (χ4n) is 3.10. The molecule has 4 aromatic rings. The summed E-state index contributed by atoms with van der Waals surface area (Å²) in [5.74, 6) is -0.298. The number of nitrogens with zero attached hydrogens (tertiary/aromatic N) is 2. The number of benzene rings is 3. The zero-order valence-corrected chi connectivity index (χ0v) is 16.6. The Kier molecular flexibility index (Phi) is 5.44. The first-order chi connectivity index (χ1) is 14.1. The highest BCUT2D eigenvalue weighted by molar-refractivity contribution is 7.98. The molecule has 0 spiro atoms. The van der Waals surface area contributed by atoms with Gasteiger partial charge in [-0.3, -0.25) is 9.59 Å². The van der Waals surface area contributed by atoms with Gasteiger partial charge < -0.3 is 5.32 Å². The zero-order chi connectivity index (χ0) is 20.2. The van der Waals surface area contributed by atoms with Crippen LogP contribution < -0.4 is 10.9 Å². The zero-order valence-electron chi connectivity index (χ0n) is 15.8. The van der Waals surface area contributed by atoms with E-state index in [-0.39, 0.29) is 18.0 Å². The van der Waals surface area contributed by atoms with Gasteiger partial charge in [-0.1, -0.05) is 42.5 Å². The van der Waals surface area contributed by atoms with Gasteiger partial charge in [-0.25, -0.2) is 4.68 Å². The molecule has 1 N–H and O–H groups in total. The molecule has 1 amide bonds. The third-order valence-electron chi connectivity index (χ3n) is 4.56. The second-order valence-electron chi connectivity index (χ2n) is 6.56. The molecular formula is C23H19N3O2S. The highest BCUT2D eigenvalue weighted by Crippen LogP contribution is 2.22. The average Bonchev–Trinajstić information content (AvgIpc) is 2.75. The van der Waals surface area contributed by atoms with Crippen molar-refractivity contribution >= 4 is 34.1 Å². The molecule has 0 aliphatic carbocycles. The lowest BCUT2D eigenvalue weighted by Crippen LogP contribution is -2.29. The van der Waals surface area contributed by atoms with Crippen LogP contribution in [0.4, 0.5) is 5.69 Å². The number of carbonyl (C=O) groups is 1. The molecule has 144 valence electrons. The minimum atomic E-state index is -0.317. The van der Waals surface area contributed by atoms with Crippen molar-refractivity contribution in [2.24, 2.45) is 0 Å². The van der Waals surface area contributed by atoms with E-state index in [0.717, 1.165) is 21.2 Å². The van der Waals surface area contributed by atoms with Gasteiger partial charge in [0.2, 0.25) is 5.91 Å². The lowest BCUT2D eigenvalue weighted by molar-refractivity contribution is -0.117. The highest BCUT2D eigenvalue weighted by atomic mass is 32.2. The number of anilines is 1. The number of thioether (sulfide) groups is 1. The topological polar surface area (TPSA) is 64.0 Å². The Morgan fingerprint density at radius 3 is 2.62 bits per heavy atom. The predicted octanol–water partition coefficient (Wildman–Crippen LogP) is 4.42. The van der Waals surface area contributed by atoms with Crippen LogP contribution in [-0.4, -0.2) is 21.9 Å². The van der Waals surface area contributed by atoms with Gasteiger partial charge in [0.25, 0.3) is 5.56 Å². The van der Waals surface area contributed by atoms with E-state index in [1.165, 1.54) is 10.7 Å². The number of fused-ring (bicyclic) bond motifs is 1. The van der Waals surface area contributed by atoms with Gasteiger partial charge in [0.1, 0.15) is 6.54 Å². The van der Waals surface area contributed by atoms with E-state index in [0.29, 0.717) is 11.4 Å². The van der Waals surface area contributed by atoms with Crippen LogP contribution in [0.15, 0.2) is 88.6 Å². The quantitative estimate of drug-likeness (QED) is 0.503. The number of nitrogens with one attached hydrogen (secondary N) is 1. The van der Waals surface area contributed by atoms with E-state index in [9.17, 15) is 9.59 Å². The Hall–Kier alpha value is -3.38. The number of amides is 1. The van der Waals surface area contributed by atoms with Crippen LogP contribution in [0.3, 0.4) is 0 Å². The highest BCUT2D eigenvalue weighted by Gasteiger charge is 2.09. The fourth-order valence-corrected chi connectivity index (χ4v) is 3.56. The third kappa shape index (κ3) is 4.38. The lowest BCUT2D eigenvalue weighted by Gasteiger charge is -2.09. The molecule has 0 unspecified atom stereocenters. The van der Waals surface area contributed by atoms with Crippen LogP contribution in [0.25, 0.3) is 22.0 Å². The Morgan fingerprint density at radius 1 is 0.966 bits per heavy atom. The van der Waals surface area contributed by atoms with Gasteiger partial charge in [-0.15, -0.1) is 11.8 Å². The van der Waals surface area contributed by atoms with E-state index in [1.54, 1.807) is 17.8 Å². The molecule has 0 fully saturated rings. The molecule has 4 rings (SSSR count). The summed E-state index contributed by atoms with van der Waals surface area (Å²) in [6.07, 6.45) is 1.97. The number of hydrogen-bond donors (Lipinski definition) is 1. The van der Waals surface area contributed by atoms with Crippen molar-refractivity contribution < 1.29 is 4.79 Å². The summed E-state index contributed by atoms with van der Waals surface area (Å²) in [6, 6.07) is 24.8. The number of rotatable bonds is 5. The molecule has 0 saturated carbocycles. The van der Waals surface area contributed by atoms with E-state index in [4.69, 9.17) is 0 Å². The molecule has 6 heteroatoms. The predicted molar refractivity (Wildman–Crippen MR) is 118 cm³/mol. The molecule has 0 radical (unpaired) electrons. The van der Waals surface area contributed by atoms with Gasteiger partial charge >= 0.3 is 0 Å². The Morgan fingerprint density at radius 2 is 1.79 bits per heavy atom. The minimum Gasteiger partial charge on any atom is -0.324 e. The molecule has 0 bridgehead atoms. The molecule has 1 heterocycles. The number of hydrogen-bond acceptors (Lipinski definition) is 4. The summed E-state index contributed by atoms with van der Waals surface area (Å²) in [5, 5.41) is 9.46. The summed E-state index contributed by atoms with van der Waals surface area (Å²) in [5.41, 5.74) is 1.92. The summed E-state index contributed by atoms with van der Waals surface area (Å²) in [6.45, 7) is -0.149. The van der Waals surface area contributed by atoms with Crippen LogP contribution in [0, 0.1) is 0 Å². The first-order valence-electron chi connectivity index (χ1n) is 9.14. The van der Waals surface area contributed by atoms with Crippen LogP contribution in [0.1, 0.15) is 0 Å². The van der Waals surface area contributed by atoms with E-state index in [2.05, 4.69) is 10.4 Å². The van der Waals surface area contributed by atoms with Crippen molar-refractivity contribution in [1.82, 2.24) is 9.78 Å². The second kappa shape index (κ2) is 8.32. The first kappa shape index (κ1) is 19.0. The maximum absolute atomic E-state index is 12.4. The van der Waals surface area contributed by atoms with Crippen molar-refractivity contribution in [3.63, 3.8) is 0 Å². The number of carbonyl (C=O) groups excluding carboxylic acids is 1. The molecule has 0 aliphatic rings. The van der Waals surface area contributed by atoms with Crippen molar-refractivity contribution in [3.8, 4) is 11.3 Å².